The Hall–Kier alpha value is -3.22. The van der Waals surface area contributed by atoms with E-state index in [0.717, 1.165) is 0 Å². The average molecular weight is 344 g/mol. The van der Waals surface area contributed by atoms with Crippen molar-refractivity contribution in [3.8, 4) is 0 Å². The van der Waals surface area contributed by atoms with Crippen LogP contribution in [0.5, 0.6) is 0 Å². The van der Waals surface area contributed by atoms with Crippen molar-refractivity contribution >= 4 is 17.8 Å². The third kappa shape index (κ3) is 4.87. The van der Waals surface area contributed by atoms with Gasteiger partial charge in [0, 0.05) is 12.0 Å². The predicted molar refractivity (Wildman–Crippen MR) is 88.3 cm³/mol. The van der Waals surface area contributed by atoms with Gasteiger partial charge in [-0.25, -0.2) is 9.18 Å². The minimum absolute atomic E-state index is 0.123. The summed E-state index contributed by atoms with van der Waals surface area (Å²) >= 11 is 0. The molecule has 3 N–H and O–H groups in total. The fourth-order valence-electron chi connectivity index (χ4n) is 2.23. The van der Waals surface area contributed by atoms with Crippen molar-refractivity contribution in [1.82, 2.24) is 5.32 Å². The number of esters is 1. The molecule has 0 spiro atoms. The maximum Gasteiger partial charge on any atom is 0.337 e. The molecule has 0 saturated heterocycles. The molecule has 0 aliphatic carbocycles. The third-order valence-electron chi connectivity index (χ3n) is 3.55. The van der Waals surface area contributed by atoms with Crippen molar-refractivity contribution in [1.29, 1.82) is 0 Å². The van der Waals surface area contributed by atoms with E-state index in [1.807, 2.05) is 0 Å². The van der Waals surface area contributed by atoms with Crippen LogP contribution in [0.25, 0.3) is 0 Å². The zero-order chi connectivity index (χ0) is 18.4. The lowest BCUT2D eigenvalue weighted by atomic mass is 10.0. The highest BCUT2D eigenvalue weighted by molar-refractivity contribution is 5.99. The van der Waals surface area contributed by atoms with Crippen LogP contribution in [0.1, 0.15) is 26.3 Å². The number of ether oxygens (including phenoxy) is 1. The van der Waals surface area contributed by atoms with Gasteiger partial charge in [-0.3, -0.25) is 9.59 Å². The Morgan fingerprint density at radius 3 is 2.36 bits per heavy atom. The van der Waals surface area contributed by atoms with Gasteiger partial charge in [-0.15, -0.1) is 0 Å². The summed E-state index contributed by atoms with van der Waals surface area (Å²) in [4.78, 5) is 35.5. The van der Waals surface area contributed by atoms with Gasteiger partial charge < -0.3 is 15.8 Å². The van der Waals surface area contributed by atoms with Crippen LogP contribution in [0, 0.1) is 5.82 Å². The van der Waals surface area contributed by atoms with Crippen LogP contribution in [0.4, 0.5) is 4.39 Å². The zero-order valence-electron chi connectivity index (χ0n) is 13.5. The highest BCUT2D eigenvalue weighted by Gasteiger charge is 2.20. The number of rotatable bonds is 6. The lowest BCUT2D eigenvalue weighted by molar-refractivity contribution is -0.119. The standard InChI is InChI=1S/C18H17FN2O4/c1-25-18(24)13-4-2-3-12(10-13)17(23)21-15(16(20)22)9-11-5-7-14(19)8-6-11/h2-8,10,15H,9H2,1H3,(H2,20,22)(H,21,23)/t15-/m1/s1. The van der Waals surface area contributed by atoms with Crippen molar-refractivity contribution in [2.45, 2.75) is 12.5 Å². The van der Waals surface area contributed by atoms with Crippen molar-refractivity contribution < 1.29 is 23.5 Å². The molecule has 2 rings (SSSR count). The second kappa shape index (κ2) is 8.05. The van der Waals surface area contributed by atoms with E-state index in [0.29, 0.717) is 5.56 Å². The number of hydrogen-bond donors (Lipinski definition) is 2. The monoisotopic (exact) mass is 344 g/mol. The lowest BCUT2D eigenvalue weighted by Gasteiger charge is -2.16. The van der Waals surface area contributed by atoms with Gasteiger partial charge in [-0.1, -0.05) is 18.2 Å². The number of nitrogens with two attached hydrogens (primary N) is 1. The third-order valence-corrected chi connectivity index (χ3v) is 3.55. The molecule has 0 saturated carbocycles. The maximum atomic E-state index is 12.9. The molecule has 2 aromatic carbocycles. The van der Waals surface area contributed by atoms with Crippen LogP contribution >= 0.6 is 0 Å². The van der Waals surface area contributed by atoms with Gasteiger partial charge in [0.2, 0.25) is 5.91 Å². The molecule has 130 valence electrons. The van der Waals surface area contributed by atoms with Crippen LogP contribution < -0.4 is 11.1 Å². The van der Waals surface area contributed by atoms with Crippen LogP contribution in [0.3, 0.4) is 0 Å². The molecule has 2 aromatic rings. The molecule has 0 heterocycles. The zero-order valence-corrected chi connectivity index (χ0v) is 13.5. The number of hydrogen-bond acceptors (Lipinski definition) is 4. The summed E-state index contributed by atoms with van der Waals surface area (Å²) in [5, 5.41) is 2.52. The summed E-state index contributed by atoms with van der Waals surface area (Å²) in [5.74, 6) is -2.26. The summed E-state index contributed by atoms with van der Waals surface area (Å²) in [5.41, 5.74) is 6.39. The van der Waals surface area contributed by atoms with Crippen LogP contribution in [0.2, 0.25) is 0 Å². The topological polar surface area (TPSA) is 98.5 Å². The fourth-order valence-corrected chi connectivity index (χ4v) is 2.23. The number of carbonyl (C=O) groups excluding carboxylic acids is 3. The van der Waals surface area contributed by atoms with Crippen molar-refractivity contribution in [2.75, 3.05) is 7.11 Å². The van der Waals surface area contributed by atoms with Gasteiger partial charge >= 0.3 is 5.97 Å². The van der Waals surface area contributed by atoms with Crippen molar-refractivity contribution in [2.24, 2.45) is 5.73 Å². The Morgan fingerprint density at radius 2 is 1.76 bits per heavy atom. The molecule has 0 aromatic heterocycles. The first kappa shape index (κ1) is 18.1. The second-order valence-corrected chi connectivity index (χ2v) is 5.33. The van der Waals surface area contributed by atoms with E-state index in [4.69, 9.17) is 5.73 Å². The highest BCUT2D eigenvalue weighted by Crippen LogP contribution is 2.09. The van der Waals surface area contributed by atoms with E-state index < -0.39 is 29.6 Å². The Morgan fingerprint density at radius 1 is 1.12 bits per heavy atom. The van der Waals surface area contributed by atoms with Crippen LogP contribution in [-0.2, 0) is 16.0 Å². The highest BCUT2D eigenvalue weighted by atomic mass is 19.1. The molecule has 0 aliphatic rings. The van der Waals surface area contributed by atoms with Gasteiger partial charge in [0.1, 0.15) is 11.9 Å². The minimum Gasteiger partial charge on any atom is -0.465 e. The van der Waals surface area contributed by atoms with E-state index >= 15 is 0 Å². The van der Waals surface area contributed by atoms with Gasteiger partial charge in [-0.05, 0) is 35.9 Å². The average Bonchev–Trinajstić information content (AvgIpc) is 2.62. The van der Waals surface area contributed by atoms with Gasteiger partial charge in [-0.2, -0.15) is 0 Å². The number of carbonyl (C=O) groups is 3. The van der Waals surface area contributed by atoms with E-state index in [1.165, 1.54) is 55.6 Å². The van der Waals surface area contributed by atoms with E-state index in [1.54, 1.807) is 0 Å². The molecule has 0 bridgehead atoms. The molecule has 6 nitrogen and oxygen atoms in total. The number of halogens is 1. The number of amides is 2. The van der Waals surface area contributed by atoms with Gasteiger partial charge in [0.15, 0.2) is 0 Å². The quantitative estimate of drug-likeness (QED) is 0.775. The summed E-state index contributed by atoms with van der Waals surface area (Å²) in [6.07, 6.45) is 0.123. The first-order valence-electron chi connectivity index (χ1n) is 7.43. The largest absolute Gasteiger partial charge is 0.465 e. The Bertz CT molecular complexity index is 790. The molecule has 0 aliphatic heterocycles. The van der Waals surface area contributed by atoms with Gasteiger partial charge in [0.25, 0.3) is 5.91 Å². The van der Waals surface area contributed by atoms with Crippen LogP contribution in [0.15, 0.2) is 48.5 Å². The first-order valence-corrected chi connectivity index (χ1v) is 7.43. The Balaban J connectivity index is 2.13. The molecular weight excluding hydrogens is 327 g/mol. The van der Waals surface area contributed by atoms with E-state index in [-0.39, 0.29) is 17.5 Å². The normalized spacial score (nSPS) is 11.4. The fraction of sp³-hybridized carbons (Fsp3) is 0.167. The first-order chi connectivity index (χ1) is 11.9. The molecule has 2 amide bonds. The van der Waals surface area contributed by atoms with Gasteiger partial charge in [0.05, 0.1) is 12.7 Å². The predicted octanol–water partition coefficient (Wildman–Crippen LogP) is 1.44. The van der Waals surface area contributed by atoms with Crippen molar-refractivity contribution in [3.63, 3.8) is 0 Å². The number of methoxy groups -OCH3 is 1. The van der Waals surface area contributed by atoms with Crippen LogP contribution in [-0.4, -0.2) is 30.9 Å². The number of benzene rings is 2. The minimum atomic E-state index is -0.972. The SMILES string of the molecule is COC(=O)c1cccc(C(=O)N[C@H](Cc2ccc(F)cc2)C(N)=O)c1. The lowest BCUT2D eigenvalue weighted by Crippen LogP contribution is -2.45. The summed E-state index contributed by atoms with van der Waals surface area (Å²) in [6, 6.07) is 10.5. The van der Waals surface area contributed by atoms with E-state index in [2.05, 4.69) is 10.1 Å². The Labute approximate surface area is 143 Å². The number of primary amides is 1. The summed E-state index contributed by atoms with van der Waals surface area (Å²) < 4.78 is 17.6. The Kier molecular flexibility index (Phi) is 5.84. The number of nitrogens with one attached hydrogen (secondary N) is 1. The second-order valence-electron chi connectivity index (χ2n) is 5.33. The summed E-state index contributed by atoms with van der Waals surface area (Å²) in [6.45, 7) is 0. The molecule has 25 heavy (non-hydrogen) atoms. The molecule has 0 fully saturated rings. The van der Waals surface area contributed by atoms with E-state index in [9.17, 15) is 18.8 Å². The molecular formula is C18H17FN2O4. The maximum absolute atomic E-state index is 12.9. The molecule has 1 atom stereocenters. The molecule has 7 heteroatoms. The molecule has 0 radical (unpaired) electrons. The molecule has 0 unspecified atom stereocenters. The summed E-state index contributed by atoms with van der Waals surface area (Å²) in [7, 11) is 1.24. The van der Waals surface area contributed by atoms with Crippen molar-refractivity contribution in [3.05, 3.63) is 71.0 Å². The smallest absolute Gasteiger partial charge is 0.337 e.